The smallest absolute Gasteiger partial charge is 0.0884 e. The van der Waals surface area contributed by atoms with Gasteiger partial charge in [0.1, 0.15) is 0 Å². The molecule has 0 aliphatic rings. The molecule has 0 radical (unpaired) electrons. The van der Waals surface area contributed by atoms with Gasteiger partial charge in [0.2, 0.25) is 0 Å². The van der Waals surface area contributed by atoms with E-state index in [-0.39, 0.29) is 19.8 Å². The molecule has 5 heteroatoms. The van der Waals surface area contributed by atoms with Gasteiger partial charge in [-0.2, -0.15) is 0 Å². The molecule has 0 fully saturated rings. The van der Waals surface area contributed by atoms with Crippen molar-refractivity contribution >= 4 is 0 Å². The van der Waals surface area contributed by atoms with Crippen molar-refractivity contribution in [1.29, 1.82) is 0 Å². The summed E-state index contributed by atoms with van der Waals surface area (Å²) in [5.41, 5.74) is 0.0132. The van der Waals surface area contributed by atoms with Crippen molar-refractivity contribution in [3.05, 3.63) is 24.0 Å². The predicted molar refractivity (Wildman–Crippen MR) is 56.2 cm³/mol. The van der Waals surface area contributed by atoms with Crippen LogP contribution >= 0.6 is 0 Å². The lowest BCUT2D eigenvalue weighted by atomic mass is 10.0. The van der Waals surface area contributed by atoms with Crippen LogP contribution in [-0.2, 0) is 13.6 Å². The van der Waals surface area contributed by atoms with Gasteiger partial charge in [-0.15, -0.1) is 0 Å². The van der Waals surface area contributed by atoms with Crippen LogP contribution in [0.3, 0.4) is 0 Å². The monoisotopic (exact) mass is 214 g/mol. The van der Waals surface area contributed by atoms with E-state index in [1.54, 1.807) is 0 Å². The van der Waals surface area contributed by atoms with Crippen molar-refractivity contribution < 1.29 is 15.3 Å². The zero-order valence-corrected chi connectivity index (χ0v) is 8.85. The van der Waals surface area contributed by atoms with Crippen LogP contribution in [-0.4, -0.2) is 45.2 Å². The fourth-order valence-electron chi connectivity index (χ4n) is 1.28. The second-order valence-corrected chi connectivity index (χ2v) is 3.72. The van der Waals surface area contributed by atoms with Gasteiger partial charge in [0.05, 0.1) is 25.4 Å². The minimum atomic E-state index is -1.01. The zero-order chi connectivity index (χ0) is 11.3. The van der Waals surface area contributed by atoms with E-state index in [9.17, 15) is 0 Å². The molecule has 4 N–H and O–H groups in total. The molecule has 15 heavy (non-hydrogen) atoms. The van der Waals surface area contributed by atoms with E-state index >= 15 is 0 Å². The number of nitrogens with one attached hydrogen (secondary N) is 1. The van der Waals surface area contributed by atoms with Gasteiger partial charge in [0, 0.05) is 25.5 Å². The van der Waals surface area contributed by atoms with Crippen molar-refractivity contribution in [3.8, 4) is 0 Å². The highest BCUT2D eigenvalue weighted by atomic mass is 16.3. The highest BCUT2D eigenvalue weighted by Gasteiger charge is 2.27. The average molecular weight is 214 g/mol. The number of aromatic nitrogens is 1. The Labute approximate surface area is 89.0 Å². The fourth-order valence-corrected chi connectivity index (χ4v) is 1.28. The molecular formula is C10H18N2O3. The third-order valence-electron chi connectivity index (χ3n) is 2.60. The summed E-state index contributed by atoms with van der Waals surface area (Å²) in [6.45, 7) is -0.412. The molecule has 0 amide bonds. The summed E-state index contributed by atoms with van der Waals surface area (Å²) in [4.78, 5) is 0. The van der Waals surface area contributed by atoms with Gasteiger partial charge >= 0.3 is 0 Å². The van der Waals surface area contributed by atoms with Crippen LogP contribution in [0, 0.1) is 0 Å². The van der Waals surface area contributed by atoms with E-state index in [2.05, 4.69) is 5.32 Å². The Kier molecular flexibility index (Phi) is 4.28. The Morgan fingerprint density at radius 1 is 1.27 bits per heavy atom. The third kappa shape index (κ3) is 2.79. The Bertz CT molecular complexity index is 286. The molecule has 0 aliphatic heterocycles. The molecule has 0 saturated heterocycles. The molecule has 1 aromatic rings. The second-order valence-electron chi connectivity index (χ2n) is 3.72. The fraction of sp³-hybridized carbons (Fsp3) is 0.600. The lowest BCUT2D eigenvalue weighted by Crippen LogP contribution is -2.54. The minimum Gasteiger partial charge on any atom is -0.394 e. The molecule has 0 aliphatic carbocycles. The molecule has 1 heterocycles. The summed E-state index contributed by atoms with van der Waals surface area (Å²) in [6, 6.07) is 3.85. The molecule has 1 aromatic heterocycles. The normalized spacial score (nSPS) is 12.0. The standard InChI is InChI=1S/C10H18N2O3/c1-12-4-2-3-9(12)5-11-10(6-13,7-14)8-15/h2-4,11,13-15H,5-8H2,1H3. The number of aryl methyl sites for hydroxylation is 1. The summed E-state index contributed by atoms with van der Waals surface area (Å²) in [7, 11) is 1.91. The first-order chi connectivity index (χ1) is 7.17. The molecule has 5 nitrogen and oxygen atoms in total. The van der Waals surface area contributed by atoms with Gasteiger partial charge in [0.15, 0.2) is 0 Å². The summed E-state index contributed by atoms with van der Waals surface area (Å²) in [6.07, 6.45) is 1.91. The van der Waals surface area contributed by atoms with E-state index in [0.717, 1.165) is 5.69 Å². The van der Waals surface area contributed by atoms with Crippen LogP contribution in [0.25, 0.3) is 0 Å². The average Bonchev–Trinajstić information content (AvgIpc) is 2.67. The molecule has 0 unspecified atom stereocenters. The summed E-state index contributed by atoms with van der Waals surface area (Å²) in [5.74, 6) is 0. The number of aliphatic hydroxyl groups is 3. The Morgan fingerprint density at radius 2 is 1.87 bits per heavy atom. The topological polar surface area (TPSA) is 77.7 Å². The van der Waals surface area contributed by atoms with Crippen LogP contribution in [0.15, 0.2) is 18.3 Å². The number of rotatable bonds is 6. The van der Waals surface area contributed by atoms with Crippen LogP contribution in [0.5, 0.6) is 0 Å². The molecule has 0 spiro atoms. The van der Waals surface area contributed by atoms with Gasteiger partial charge in [-0.3, -0.25) is 5.32 Å². The first kappa shape index (κ1) is 12.2. The first-order valence-corrected chi connectivity index (χ1v) is 4.85. The number of hydrogen-bond acceptors (Lipinski definition) is 4. The zero-order valence-electron chi connectivity index (χ0n) is 8.85. The molecule has 86 valence electrons. The van der Waals surface area contributed by atoms with E-state index in [0.29, 0.717) is 6.54 Å². The Hall–Kier alpha value is -0.880. The van der Waals surface area contributed by atoms with Gasteiger partial charge in [-0.1, -0.05) is 0 Å². The second kappa shape index (κ2) is 5.27. The molecule has 0 atom stereocenters. The largest absolute Gasteiger partial charge is 0.394 e. The van der Waals surface area contributed by atoms with Crippen LogP contribution in [0.4, 0.5) is 0 Å². The van der Waals surface area contributed by atoms with Crippen molar-refractivity contribution in [3.63, 3.8) is 0 Å². The maximum atomic E-state index is 9.09. The Balaban J connectivity index is 2.58. The summed E-state index contributed by atoms with van der Waals surface area (Å²) < 4.78 is 1.93. The maximum Gasteiger partial charge on any atom is 0.0884 e. The lowest BCUT2D eigenvalue weighted by Gasteiger charge is -2.28. The summed E-state index contributed by atoms with van der Waals surface area (Å²) >= 11 is 0. The van der Waals surface area contributed by atoms with Crippen molar-refractivity contribution in [2.75, 3.05) is 19.8 Å². The third-order valence-corrected chi connectivity index (χ3v) is 2.60. The molecule has 1 rings (SSSR count). The van der Waals surface area contributed by atoms with E-state index in [1.165, 1.54) is 0 Å². The van der Waals surface area contributed by atoms with E-state index in [1.807, 2.05) is 29.9 Å². The molecule has 0 aromatic carbocycles. The highest BCUT2D eigenvalue weighted by molar-refractivity contribution is 5.07. The quantitative estimate of drug-likeness (QED) is 0.481. The molecule has 0 bridgehead atoms. The van der Waals surface area contributed by atoms with Crippen LogP contribution < -0.4 is 5.32 Å². The van der Waals surface area contributed by atoms with Crippen LogP contribution in [0.1, 0.15) is 5.69 Å². The van der Waals surface area contributed by atoms with Crippen molar-refractivity contribution in [2.45, 2.75) is 12.1 Å². The number of hydrogen-bond donors (Lipinski definition) is 4. The molecule has 0 saturated carbocycles. The van der Waals surface area contributed by atoms with Gasteiger partial charge in [0.25, 0.3) is 0 Å². The lowest BCUT2D eigenvalue weighted by molar-refractivity contribution is 0.0410. The first-order valence-electron chi connectivity index (χ1n) is 4.85. The van der Waals surface area contributed by atoms with Crippen molar-refractivity contribution in [1.82, 2.24) is 9.88 Å². The van der Waals surface area contributed by atoms with Gasteiger partial charge < -0.3 is 19.9 Å². The van der Waals surface area contributed by atoms with Gasteiger partial charge in [-0.05, 0) is 12.1 Å². The van der Waals surface area contributed by atoms with E-state index < -0.39 is 5.54 Å². The molecular weight excluding hydrogens is 196 g/mol. The van der Waals surface area contributed by atoms with Crippen LogP contribution in [0.2, 0.25) is 0 Å². The van der Waals surface area contributed by atoms with Gasteiger partial charge in [-0.25, -0.2) is 0 Å². The minimum absolute atomic E-state index is 0.301. The highest BCUT2D eigenvalue weighted by Crippen LogP contribution is 2.05. The number of nitrogens with zero attached hydrogens (tertiary/aromatic N) is 1. The van der Waals surface area contributed by atoms with Crippen molar-refractivity contribution in [2.24, 2.45) is 7.05 Å². The number of aliphatic hydroxyl groups excluding tert-OH is 3. The van der Waals surface area contributed by atoms with E-state index in [4.69, 9.17) is 15.3 Å². The Morgan fingerprint density at radius 3 is 2.27 bits per heavy atom. The predicted octanol–water partition coefficient (Wildman–Crippen LogP) is -1.17. The summed E-state index contributed by atoms with van der Waals surface area (Å²) in [5, 5.41) is 30.2. The maximum absolute atomic E-state index is 9.09. The SMILES string of the molecule is Cn1cccc1CNC(CO)(CO)CO.